The Hall–Kier alpha value is -2.65. The van der Waals surface area contributed by atoms with E-state index in [9.17, 15) is 13.2 Å². The minimum Gasteiger partial charge on any atom is -0.320 e. The molecule has 3 aromatic rings. The van der Waals surface area contributed by atoms with Crippen LogP contribution in [0, 0.1) is 6.92 Å². The number of anilines is 2. The average molecular weight is 548 g/mol. The fourth-order valence-corrected chi connectivity index (χ4v) is 6.72. The van der Waals surface area contributed by atoms with Crippen molar-refractivity contribution in [1.29, 1.82) is 0 Å². The maximum Gasteiger partial charge on any atom is 0.264 e. The van der Waals surface area contributed by atoms with E-state index < -0.39 is 15.9 Å². The van der Waals surface area contributed by atoms with E-state index in [1.54, 1.807) is 42.5 Å². The van der Waals surface area contributed by atoms with Gasteiger partial charge in [-0.3, -0.25) is 19.0 Å². The van der Waals surface area contributed by atoms with E-state index in [2.05, 4.69) is 29.0 Å². The van der Waals surface area contributed by atoms with E-state index in [1.165, 1.54) is 10.5 Å². The van der Waals surface area contributed by atoms with Crippen molar-refractivity contribution in [2.75, 3.05) is 29.3 Å². The van der Waals surface area contributed by atoms with Gasteiger partial charge in [0.2, 0.25) is 0 Å². The standard InChI is InChI=1S/C26H28Cl2N4O3S/c1-4-31(5-2)19-14-23-24(32(16-19)36(34,35)20-9-6-8-17(3)12-20)13-18(15-29-23)30-26(33)25-21(27)10-7-11-22(25)28/h6-13,15,19H,4-5,14,16H2,1-3H3,(H,30,33)/t19-/m1/s1. The third-order valence-electron chi connectivity index (χ3n) is 6.38. The van der Waals surface area contributed by atoms with Crippen LogP contribution in [0.3, 0.4) is 0 Å². The first-order valence-corrected chi connectivity index (χ1v) is 13.9. The third kappa shape index (κ3) is 5.22. The van der Waals surface area contributed by atoms with Crippen molar-refractivity contribution >= 4 is 50.5 Å². The molecule has 0 saturated heterocycles. The van der Waals surface area contributed by atoms with Crippen molar-refractivity contribution < 1.29 is 13.2 Å². The van der Waals surface area contributed by atoms with Gasteiger partial charge < -0.3 is 5.32 Å². The molecule has 0 radical (unpaired) electrons. The molecule has 10 heteroatoms. The predicted molar refractivity (Wildman–Crippen MR) is 145 cm³/mol. The smallest absolute Gasteiger partial charge is 0.264 e. The lowest BCUT2D eigenvalue weighted by Gasteiger charge is -2.39. The Kier molecular flexibility index (Phi) is 7.90. The molecule has 1 aliphatic rings. The van der Waals surface area contributed by atoms with Gasteiger partial charge >= 0.3 is 0 Å². The highest BCUT2D eigenvalue weighted by Gasteiger charge is 2.36. The Morgan fingerprint density at radius 3 is 2.42 bits per heavy atom. The Labute approximate surface area is 222 Å². The summed E-state index contributed by atoms with van der Waals surface area (Å²) in [5.41, 5.74) is 2.44. The number of fused-ring (bicyclic) bond motifs is 1. The minimum atomic E-state index is -3.88. The highest BCUT2D eigenvalue weighted by Crippen LogP contribution is 2.35. The summed E-state index contributed by atoms with van der Waals surface area (Å²) in [6.07, 6.45) is 2.13. The van der Waals surface area contributed by atoms with Crippen LogP contribution in [0.2, 0.25) is 10.0 Å². The molecule has 1 atom stereocenters. The van der Waals surface area contributed by atoms with Crippen LogP contribution in [0.15, 0.2) is 59.6 Å². The van der Waals surface area contributed by atoms with Crippen LogP contribution in [-0.4, -0.2) is 49.9 Å². The van der Waals surface area contributed by atoms with Crippen LogP contribution in [0.25, 0.3) is 0 Å². The van der Waals surface area contributed by atoms with Gasteiger partial charge in [0.05, 0.1) is 50.3 Å². The van der Waals surface area contributed by atoms with Gasteiger partial charge in [-0.1, -0.05) is 55.2 Å². The summed E-state index contributed by atoms with van der Waals surface area (Å²) in [5, 5.41) is 3.20. The zero-order valence-corrected chi connectivity index (χ0v) is 22.7. The number of amides is 1. The molecular weight excluding hydrogens is 519 g/mol. The monoisotopic (exact) mass is 546 g/mol. The van der Waals surface area contributed by atoms with Crippen molar-refractivity contribution in [1.82, 2.24) is 9.88 Å². The zero-order valence-electron chi connectivity index (χ0n) is 20.3. The van der Waals surface area contributed by atoms with Gasteiger partial charge in [0, 0.05) is 12.5 Å². The number of hydrogen-bond donors (Lipinski definition) is 1. The highest BCUT2D eigenvalue weighted by atomic mass is 35.5. The zero-order chi connectivity index (χ0) is 26.0. The maximum atomic E-state index is 13.8. The van der Waals surface area contributed by atoms with Crippen LogP contribution < -0.4 is 9.62 Å². The van der Waals surface area contributed by atoms with E-state index in [0.717, 1.165) is 18.7 Å². The molecule has 1 aliphatic heterocycles. The number of rotatable bonds is 7. The van der Waals surface area contributed by atoms with E-state index in [1.807, 2.05) is 13.0 Å². The topological polar surface area (TPSA) is 82.6 Å². The fourth-order valence-electron chi connectivity index (χ4n) is 4.52. The second kappa shape index (κ2) is 10.8. The molecule has 0 bridgehead atoms. The number of benzene rings is 2. The quantitative estimate of drug-likeness (QED) is 0.428. The van der Waals surface area contributed by atoms with Crippen molar-refractivity contribution in [2.45, 2.75) is 38.1 Å². The lowest BCUT2D eigenvalue weighted by Crippen LogP contribution is -2.50. The SMILES string of the molecule is CCN(CC)[C@@H]1Cc2ncc(NC(=O)c3c(Cl)cccc3Cl)cc2N(S(=O)(=O)c2cccc(C)c2)C1. The van der Waals surface area contributed by atoms with Gasteiger partial charge in [-0.15, -0.1) is 0 Å². The van der Waals surface area contributed by atoms with Crippen molar-refractivity contribution in [3.05, 3.63) is 81.6 Å². The van der Waals surface area contributed by atoms with E-state index in [4.69, 9.17) is 23.2 Å². The normalized spacial score (nSPS) is 15.6. The lowest BCUT2D eigenvalue weighted by atomic mass is 10.0. The molecule has 2 aromatic carbocycles. The van der Waals surface area contributed by atoms with Gasteiger partial charge in [0.25, 0.3) is 15.9 Å². The summed E-state index contributed by atoms with van der Waals surface area (Å²) in [6.45, 7) is 7.84. The van der Waals surface area contributed by atoms with Crippen molar-refractivity contribution in [2.24, 2.45) is 0 Å². The Bertz CT molecular complexity index is 1370. The molecule has 2 heterocycles. The summed E-state index contributed by atoms with van der Waals surface area (Å²) in [6, 6.07) is 13.3. The van der Waals surface area contributed by atoms with Crippen LogP contribution in [-0.2, 0) is 16.4 Å². The third-order valence-corrected chi connectivity index (χ3v) is 8.78. The summed E-state index contributed by atoms with van der Waals surface area (Å²) in [5.74, 6) is -0.503. The molecule has 1 amide bonds. The first-order chi connectivity index (χ1) is 17.1. The Balaban J connectivity index is 1.76. The number of aromatic nitrogens is 1. The van der Waals surface area contributed by atoms with E-state index >= 15 is 0 Å². The second-order valence-electron chi connectivity index (χ2n) is 8.67. The maximum absolute atomic E-state index is 13.8. The molecular formula is C26H28Cl2N4O3S. The molecule has 0 unspecified atom stereocenters. The van der Waals surface area contributed by atoms with Crippen molar-refractivity contribution in [3.63, 3.8) is 0 Å². The van der Waals surface area contributed by atoms with Crippen LogP contribution in [0.1, 0.15) is 35.5 Å². The van der Waals surface area contributed by atoms with Crippen LogP contribution in [0.4, 0.5) is 11.4 Å². The molecule has 0 spiro atoms. The number of halogens is 2. The van der Waals surface area contributed by atoms with Crippen LogP contribution >= 0.6 is 23.2 Å². The van der Waals surface area contributed by atoms with Gasteiger partial charge in [-0.2, -0.15) is 0 Å². The van der Waals surface area contributed by atoms with Gasteiger partial charge in [-0.25, -0.2) is 8.42 Å². The molecule has 0 fully saturated rings. The van der Waals surface area contributed by atoms with Gasteiger partial charge in [-0.05, 0) is 55.9 Å². The number of pyridine rings is 1. The average Bonchev–Trinajstić information content (AvgIpc) is 2.84. The molecule has 4 rings (SSSR count). The number of sulfonamides is 1. The molecule has 1 N–H and O–H groups in total. The molecule has 0 saturated carbocycles. The fraction of sp³-hybridized carbons (Fsp3) is 0.308. The van der Waals surface area contributed by atoms with E-state index in [-0.39, 0.29) is 33.1 Å². The summed E-state index contributed by atoms with van der Waals surface area (Å²) < 4.78 is 29.1. The minimum absolute atomic E-state index is 0.0260. The number of nitrogens with zero attached hydrogens (tertiary/aromatic N) is 3. The Morgan fingerprint density at radius 1 is 1.11 bits per heavy atom. The number of hydrogen-bond acceptors (Lipinski definition) is 5. The number of nitrogens with one attached hydrogen (secondary N) is 1. The first-order valence-electron chi connectivity index (χ1n) is 11.7. The predicted octanol–water partition coefficient (Wildman–Crippen LogP) is 5.41. The van der Waals surface area contributed by atoms with Gasteiger partial charge in [0.15, 0.2) is 0 Å². The largest absolute Gasteiger partial charge is 0.320 e. The number of carbonyl (C=O) groups is 1. The molecule has 1 aromatic heterocycles. The molecule has 0 aliphatic carbocycles. The summed E-state index contributed by atoms with van der Waals surface area (Å²) >= 11 is 12.4. The van der Waals surface area contributed by atoms with Crippen LogP contribution in [0.5, 0.6) is 0 Å². The Morgan fingerprint density at radius 2 is 1.78 bits per heavy atom. The molecule has 7 nitrogen and oxygen atoms in total. The number of aryl methyl sites for hydroxylation is 1. The highest BCUT2D eigenvalue weighted by molar-refractivity contribution is 7.92. The van der Waals surface area contributed by atoms with Gasteiger partial charge in [0.1, 0.15) is 0 Å². The first kappa shape index (κ1) is 26.4. The van der Waals surface area contributed by atoms with E-state index in [0.29, 0.717) is 23.5 Å². The summed E-state index contributed by atoms with van der Waals surface area (Å²) in [7, 11) is -3.88. The molecule has 36 heavy (non-hydrogen) atoms. The summed E-state index contributed by atoms with van der Waals surface area (Å²) in [4.78, 5) is 20.0. The lowest BCUT2D eigenvalue weighted by molar-refractivity contribution is 0.102. The number of likely N-dealkylation sites (N-methyl/N-ethyl adjacent to an activating group) is 1. The second-order valence-corrected chi connectivity index (χ2v) is 11.3. The number of carbonyl (C=O) groups excluding carboxylic acids is 1. The van der Waals surface area contributed by atoms with Crippen molar-refractivity contribution in [3.8, 4) is 0 Å². The molecule has 190 valence electrons.